The molecule has 0 radical (unpaired) electrons. The van der Waals surface area contributed by atoms with Gasteiger partial charge in [-0.2, -0.15) is 0 Å². The van der Waals surface area contributed by atoms with Gasteiger partial charge in [-0.25, -0.2) is 10.4 Å². The zero-order valence-corrected chi connectivity index (χ0v) is 17.6. The van der Waals surface area contributed by atoms with Crippen molar-refractivity contribution in [3.8, 4) is 0 Å². The molecule has 29 heavy (non-hydrogen) atoms. The van der Waals surface area contributed by atoms with Crippen LogP contribution < -0.4 is 32.4 Å². The SMILES string of the molecule is NC1NN2CC(Cl)CNC2C1C(=O)NC1CNCCC1N1CCN2CCNC2C1. The van der Waals surface area contributed by atoms with E-state index in [0.717, 1.165) is 52.2 Å². The van der Waals surface area contributed by atoms with Crippen molar-refractivity contribution in [2.75, 3.05) is 58.9 Å². The summed E-state index contributed by atoms with van der Waals surface area (Å²) in [5.41, 5.74) is 9.51. The Morgan fingerprint density at radius 1 is 1.07 bits per heavy atom. The van der Waals surface area contributed by atoms with Crippen LogP contribution in [0.1, 0.15) is 6.42 Å². The van der Waals surface area contributed by atoms with E-state index >= 15 is 0 Å². The standard InChI is InChI=1S/C18H34ClN9O/c19-11-7-23-17-15(16(20)25-28(17)9-11)18(29)24-12-8-21-2-1-13(12)27-6-5-26-4-3-22-14(26)10-27/h11-17,21-23,25H,1-10,20H2,(H,24,29). The number of carbonyl (C=O) groups excluding carboxylic acids is 1. The Bertz CT molecular complexity index is 612. The number of hydrogen-bond donors (Lipinski definition) is 6. The predicted molar refractivity (Wildman–Crippen MR) is 111 cm³/mol. The summed E-state index contributed by atoms with van der Waals surface area (Å²) < 4.78 is 0. The molecule has 10 nitrogen and oxygen atoms in total. The Labute approximate surface area is 177 Å². The van der Waals surface area contributed by atoms with E-state index in [4.69, 9.17) is 17.3 Å². The highest BCUT2D eigenvalue weighted by molar-refractivity contribution is 6.21. The minimum atomic E-state index is -0.407. The molecule has 7 atom stereocenters. The van der Waals surface area contributed by atoms with Crippen molar-refractivity contribution in [2.24, 2.45) is 11.7 Å². The van der Waals surface area contributed by atoms with Gasteiger partial charge in [-0.3, -0.25) is 25.2 Å². The van der Waals surface area contributed by atoms with Gasteiger partial charge in [0.15, 0.2) is 0 Å². The van der Waals surface area contributed by atoms with Crippen LogP contribution >= 0.6 is 11.6 Å². The lowest BCUT2D eigenvalue weighted by Crippen LogP contribution is -2.66. The summed E-state index contributed by atoms with van der Waals surface area (Å²) in [4.78, 5) is 18.4. The summed E-state index contributed by atoms with van der Waals surface area (Å²) in [6.45, 7) is 8.57. The lowest BCUT2D eigenvalue weighted by Gasteiger charge is -2.46. The fourth-order valence-electron chi connectivity index (χ4n) is 5.67. The molecule has 5 heterocycles. The van der Waals surface area contributed by atoms with E-state index in [1.54, 1.807) is 0 Å². The third-order valence-electron chi connectivity index (χ3n) is 7.17. The number of fused-ring (bicyclic) bond motifs is 2. The molecule has 5 rings (SSSR count). The summed E-state index contributed by atoms with van der Waals surface area (Å²) >= 11 is 6.25. The number of carbonyl (C=O) groups is 1. The van der Waals surface area contributed by atoms with Gasteiger partial charge in [0, 0.05) is 58.4 Å². The number of piperazine rings is 1. The summed E-state index contributed by atoms with van der Waals surface area (Å²) in [7, 11) is 0. The van der Waals surface area contributed by atoms with Gasteiger partial charge >= 0.3 is 0 Å². The molecule has 0 aromatic rings. The van der Waals surface area contributed by atoms with Gasteiger partial charge in [0.05, 0.1) is 35.8 Å². The van der Waals surface area contributed by atoms with E-state index in [1.807, 2.05) is 5.01 Å². The molecule has 164 valence electrons. The molecule has 0 bridgehead atoms. The van der Waals surface area contributed by atoms with Crippen LogP contribution in [0.15, 0.2) is 0 Å². The van der Waals surface area contributed by atoms with E-state index in [9.17, 15) is 4.79 Å². The summed E-state index contributed by atoms with van der Waals surface area (Å²) in [6.07, 6.45) is 0.983. The van der Waals surface area contributed by atoms with Gasteiger partial charge in [-0.1, -0.05) is 0 Å². The molecule has 0 saturated carbocycles. The summed E-state index contributed by atoms with van der Waals surface area (Å²) in [6, 6.07) is 0.452. The molecule has 0 spiro atoms. The molecule has 1 amide bonds. The average Bonchev–Trinajstić information content (AvgIpc) is 3.30. The highest BCUT2D eigenvalue weighted by Crippen LogP contribution is 2.24. The van der Waals surface area contributed by atoms with E-state index in [0.29, 0.717) is 25.3 Å². The molecule has 0 aromatic carbocycles. The molecule has 5 fully saturated rings. The first-order valence-corrected chi connectivity index (χ1v) is 11.4. The number of nitrogens with two attached hydrogens (primary N) is 1. The largest absolute Gasteiger partial charge is 0.350 e. The number of hydrazine groups is 1. The van der Waals surface area contributed by atoms with Crippen LogP contribution in [0.3, 0.4) is 0 Å². The number of halogens is 1. The number of rotatable bonds is 3. The maximum atomic E-state index is 13.3. The summed E-state index contributed by atoms with van der Waals surface area (Å²) in [5.74, 6) is -0.315. The minimum Gasteiger partial charge on any atom is -0.350 e. The predicted octanol–water partition coefficient (Wildman–Crippen LogP) is -3.36. The molecule has 7 N–H and O–H groups in total. The third-order valence-corrected chi connectivity index (χ3v) is 7.46. The van der Waals surface area contributed by atoms with Crippen LogP contribution in [-0.2, 0) is 4.79 Å². The highest BCUT2D eigenvalue weighted by Gasteiger charge is 2.47. The Balaban J connectivity index is 1.24. The van der Waals surface area contributed by atoms with Gasteiger partial charge in [-0.05, 0) is 13.0 Å². The van der Waals surface area contributed by atoms with Gasteiger partial charge in [0.1, 0.15) is 0 Å². The van der Waals surface area contributed by atoms with Crippen LogP contribution in [0.4, 0.5) is 0 Å². The van der Waals surface area contributed by atoms with E-state index in [2.05, 4.69) is 36.5 Å². The van der Waals surface area contributed by atoms with Gasteiger partial charge in [0.25, 0.3) is 0 Å². The van der Waals surface area contributed by atoms with E-state index in [-0.39, 0.29) is 29.4 Å². The molecular formula is C18H34ClN9O. The Morgan fingerprint density at radius 2 is 1.93 bits per heavy atom. The second-order valence-corrected chi connectivity index (χ2v) is 9.58. The molecule has 5 aliphatic heterocycles. The quantitative estimate of drug-likeness (QED) is 0.257. The topological polar surface area (TPSA) is 113 Å². The number of piperidine rings is 1. The lowest BCUT2D eigenvalue weighted by atomic mass is 9.95. The van der Waals surface area contributed by atoms with Crippen molar-refractivity contribution in [3.05, 3.63) is 0 Å². The molecule has 0 aliphatic carbocycles. The normalized spacial score (nSPS) is 44.4. The maximum Gasteiger partial charge on any atom is 0.229 e. The van der Waals surface area contributed by atoms with Crippen molar-refractivity contribution in [2.45, 2.75) is 42.4 Å². The first-order valence-electron chi connectivity index (χ1n) is 11.0. The highest BCUT2D eigenvalue weighted by atomic mass is 35.5. The molecule has 7 unspecified atom stereocenters. The van der Waals surface area contributed by atoms with E-state index in [1.165, 1.54) is 0 Å². The minimum absolute atomic E-state index is 0.0163. The van der Waals surface area contributed by atoms with Crippen LogP contribution in [-0.4, -0.2) is 116 Å². The van der Waals surface area contributed by atoms with Crippen LogP contribution in [0.5, 0.6) is 0 Å². The van der Waals surface area contributed by atoms with E-state index < -0.39 is 6.17 Å². The Hall–Kier alpha value is -0.560. The lowest BCUT2D eigenvalue weighted by molar-refractivity contribution is -0.128. The monoisotopic (exact) mass is 427 g/mol. The fraction of sp³-hybridized carbons (Fsp3) is 0.944. The number of nitrogens with zero attached hydrogens (tertiary/aromatic N) is 3. The van der Waals surface area contributed by atoms with Crippen LogP contribution in [0.2, 0.25) is 0 Å². The zero-order chi connectivity index (χ0) is 20.0. The molecule has 0 aromatic heterocycles. The first kappa shape index (κ1) is 20.3. The Morgan fingerprint density at radius 3 is 2.83 bits per heavy atom. The molecular weight excluding hydrogens is 394 g/mol. The van der Waals surface area contributed by atoms with Crippen molar-refractivity contribution in [1.82, 2.24) is 41.5 Å². The van der Waals surface area contributed by atoms with Gasteiger partial charge < -0.3 is 16.4 Å². The molecule has 11 heteroatoms. The first-order chi connectivity index (χ1) is 14.1. The smallest absolute Gasteiger partial charge is 0.229 e. The fourth-order valence-corrected chi connectivity index (χ4v) is 5.90. The molecule has 5 aliphatic rings. The van der Waals surface area contributed by atoms with Crippen molar-refractivity contribution in [3.63, 3.8) is 0 Å². The summed E-state index contributed by atoms with van der Waals surface area (Å²) in [5, 5.41) is 15.8. The van der Waals surface area contributed by atoms with Crippen molar-refractivity contribution < 1.29 is 4.79 Å². The average molecular weight is 428 g/mol. The number of nitrogens with one attached hydrogen (secondary N) is 5. The zero-order valence-electron chi connectivity index (χ0n) is 16.8. The number of alkyl halides is 1. The van der Waals surface area contributed by atoms with Gasteiger partial charge in [-0.15, -0.1) is 11.6 Å². The maximum absolute atomic E-state index is 13.3. The second-order valence-electron chi connectivity index (χ2n) is 8.96. The second kappa shape index (κ2) is 8.52. The molecule has 5 saturated heterocycles. The van der Waals surface area contributed by atoms with Crippen LogP contribution in [0.25, 0.3) is 0 Å². The number of hydrogen-bond acceptors (Lipinski definition) is 9. The Kier molecular flexibility index (Phi) is 5.98. The van der Waals surface area contributed by atoms with Crippen molar-refractivity contribution in [1.29, 1.82) is 0 Å². The third kappa shape index (κ3) is 4.02. The van der Waals surface area contributed by atoms with Crippen molar-refractivity contribution >= 4 is 17.5 Å². The van der Waals surface area contributed by atoms with Crippen LogP contribution in [0, 0.1) is 5.92 Å². The van der Waals surface area contributed by atoms with Gasteiger partial charge in [0.2, 0.25) is 5.91 Å². The number of amides is 1.